The van der Waals surface area contributed by atoms with Crippen LogP contribution in [0.2, 0.25) is 0 Å². The zero-order chi connectivity index (χ0) is 17.2. The Bertz CT molecular complexity index is 514. The van der Waals surface area contributed by atoms with E-state index in [0.717, 1.165) is 57.5 Å². The van der Waals surface area contributed by atoms with Gasteiger partial charge >= 0.3 is 0 Å². The van der Waals surface area contributed by atoms with Gasteiger partial charge in [0.2, 0.25) is 0 Å². The third-order valence-corrected chi connectivity index (χ3v) is 4.22. The van der Waals surface area contributed by atoms with Gasteiger partial charge in [-0.1, -0.05) is 13.3 Å². The molecule has 25 heavy (non-hydrogen) atoms. The van der Waals surface area contributed by atoms with Gasteiger partial charge < -0.3 is 20.4 Å². The number of rotatable bonds is 7. The molecule has 1 aromatic rings. The Morgan fingerprint density at radius 2 is 1.96 bits per heavy atom. The van der Waals surface area contributed by atoms with Gasteiger partial charge in [0.1, 0.15) is 5.82 Å². The van der Waals surface area contributed by atoms with Gasteiger partial charge in [0, 0.05) is 45.5 Å². The molecule has 2 heterocycles. The summed E-state index contributed by atoms with van der Waals surface area (Å²) >= 11 is 0. The lowest BCUT2D eigenvalue weighted by molar-refractivity contribution is 0.312. The van der Waals surface area contributed by atoms with E-state index in [2.05, 4.69) is 58.4 Å². The molecule has 0 aromatic carbocycles. The first-order valence-electron chi connectivity index (χ1n) is 9.13. The van der Waals surface area contributed by atoms with Crippen molar-refractivity contribution in [3.63, 3.8) is 0 Å². The number of nitrogens with one attached hydrogen (secondary N) is 2. The number of guanidine groups is 1. The molecule has 1 fully saturated rings. The van der Waals surface area contributed by atoms with Gasteiger partial charge in [0.15, 0.2) is 5.96 Å². The molecular weight excluding hydrogens is 427 g/mol. The van der Waals surface area contributed by atoms with Crippen molar-refractivity contribution >= 4 is 35.8 Å². The monoisotopic (exact) mass is 460 g/mol. The number of hydrogen-bond donors (Lipinski definition) is 2. The molecule has 1 aromatic heterocycles. The maximum absolute atomic E-state index is 4.69. The van der Waals surface area contributed by atoms with E-state index in [1.54, 1.807) is 0 Å². The van der Waals surface area contributed by atoms with E-state index in [1.807, 2.05) is 6.20 Å². The average Bonchev–Trinajstić information content (AvgIpc) is 2.61. The van der Waals surface area contributed by atoms with Crippen LogP contribution in [0.1, 0.15) is 32.3 Å². The second-order valence-corrected chi connectivity index (χ2v) is 6.29. The second kappa shape index (κ2) is 12.3. The standard InChI is InChI=1S/C18H32N6.HI/c1-4-6-8-21-18(19-5-2)22-15-16-7-9-20-17(14-16)24-12-10-23(3)11-13-24;/h7,9,14H,4-6,8,10-13,15H2,1-3H3,(H2,19,21,22);1H. The highest BCUT2D eigenvalue weighted by molar-refractivity contribution is 14.0. The third kappa shape index (κ3) is 7.77. The minimum absolute atomic E-state index is 0. The summed E-state index contributed by atoms with van der Waals surface area (Å²) in [5.74, 6) is 1.96. The van der Waals surface area contributed by atoms with Gasteiger partial charge in [-0.25, -0.2) is 9.98 Å². The van der Waals surface area contributed by atoms with Crippen molar-refractivity contribution in [2.45, 2.75) is 33.2 Å². The Morgan fingerprint density at radius 1 is 1.20 bits per heavy atom. The molecule has 0 amide bonds. The van der Waals surface area contributed by atoms with Crippen LogP contribution in [-0.2, 0) is 6.54 Å². The Kier molecular flexibility index (Phi) is 10.8. The molecule has 0 saturated carbocycles. The zero-order valence-corrected chi connectivity index (χ0v) is 18.1. The van der Waals surface area contributed by atoms with Crippen molar-refractivity contribution in [3.8, 4) is 0 Å². The van der Waals surface area contributed by atoms with Crippen molar-refractivity contribution in [1.82, 2.24) is 20.5 Å². The Balaban J connectivity index is 0.00000312. The molecule has 0 atom stereocenters. The predicted molar refractivity (Wildman–Crippen MR) is 117 cm³/mol. The molecule has 0 bridgehead atoms. The van der Waals surface area contributed by atoms with E-state index < -0.39 is 0 Å². The summed E-state index contributed by atoms with van der Waals surface area (Å²) in [5.41, 5.74) is 1.20. The maximum Gasteiger partial charge on any atom is 0.191 e. The Morgan fingerprint density at radius 3 is 2.64 bits per heavy atom. The lowest BCUT2D eigenvalue weighted by Crippen LogP contribution is -2.44. The minimum atomic E-state index is 0. The third-order valence-electron chi connectivity index (χ3n) is 4.22. The highest BCUT2D eigenvalue weighted by atomic mass is 127. The highest BCUT2D eigenvalue weighted by Crippen LogP contribution is 2.15. The van der Waals surface area contributed by atoms with Crippen LogP contribution in [0.15, 0.2) is 23.3 Å². The number of halogens is 1. The molecule has 0 radical (unpaired) electrons. The molecule has 6 nitrogen and oxygen atoms in total. The normalized spacial score (nSPS) is 15.6. The summed E-state index contributed by atoms with van der Waals surface area (Å²) in [7, 11) is 2.17. The fourth-order valence-electron chi connectivity index (χ4n) is 2.66. The van der Waals surface area contributed by atoms with E-state index in [9.17, 15) is 0 Å². The summed E-state index contributed by atoms with van der Waals surface area (Å²) in [6.07, 6.45) is 4.24. The largest absolute Gasteiger partial charge is 0.357 e. The number of nitrogens with zero attached hydrogens (tertiary/aromatic N) is 4. The lowest BCUT2D eigenvalue weighted by atomic mass is 10.2. The predicted octanol–water partition coefficient (Wildman–Crippen LogP) is 2.31. The van der Waals surface area contributed by atoms with Crippen LogP contribution >= 0.6 is 24.0 Å². The summed E-state index contributed by atoms with van der Waals surface area (Å²) in [5, 5.41) is 6.68. The molecule has 0 aliphatic carbocycles. The van der Waals surface area contributed by atoms with E-state index in [0.29, 0.717) is 6.54 Å². The van der Waals surface area contributed by atoms with Crippen LogP contribution in [0, 0.1) is 0 Å². The molecule has 0 spiro atoms. The second-order valence-electron chi connectivity index (χ2n) is 6.29. The number of hydrogen-bond acceptors (Lipinski definition) is 4. The minimum Gasteiger partial charge on any atom is -0.357 e. The number of piperazine rings is 1. The molecule has 1 saturated heterocycles. The van der Waals surface area contributed by atoms with Crippen LogP contribution in [0.25, 0.3) is 0 Å². The van der Waals surface area contributed by atoms with Gasteiger partial charge in [-0.2, -0.15) is 0 Å². The van der Waals surface area contributed by atoms with Gasteiger partial charge in [-0.3, -0.25) is 0 Å². The van der Waals surface area contributed by atoms with Crippen molar-refractivity contribution < 1.29 is 0 Å². The van der Waals surface area contributed by atoms with Crippen molar-refractivity contribution in [1.29, 1.82) is 0 Å². The summed E-state index contributed by atoms with van der Waals surface area (Å²) in [4.78, 5) is 13.9. The number of aliphatic imine (C=N–C) groups is 1. The van der Waals surface area contributed by atoms with Crippen LogP contribution in [0.5, 0.6) is 0 Å². The molecule has 2 rings (SSSR count). The molecule has 2 N–H and O–H groups in total. The fraction of sp³-hybridized carbons (Fsp3) is 0.667. The molecule has 0 unspecified atom stereocenters. The maximum atomic E-state index is 4.69. The van der Waals surface area contributed by atoms with Crippen molar-refractivity contribution in [2.75, 3.05) is 51.2 Å². The number of pyridine rings is 1. The van der Waals surface area contributed by atoms with E-state index in [1.165, 1.54) is 12.0 Å². The van der Waals surface area contributed by atoms with Crippen LogP contribution in [0.4, 0.5) is 5.82 Å². The summed E-state index contributed by atoms with van der Waals surface area (Å²) in [6, 6.07) is 4.23. The van der Waals surface area contributed by atoms with Crippen LogP contribution in [-0.4, -0.2) is 62.2 Å². The Hall–Kier alpha value is -1.09. The first-order chi connectivity index (χ1) is 11.7. The first kappa shape index (κ1) is 22.0. The highest BCUT2D eigenvalue weighted by Gasteiger charge is 2.15. The summed E-state index contributed by atoms with van der Waals surface area (Å²) in [6.45, 7) is 11.1. The van der Waals surface area contributed by atoms with E-state index in [4.69, 9.17) is 4.99 Å². The van der Waals surface area contributed by atoms with Gasteiger partial charge in [0.05, 0.1) is 6.54 Å². The molecule has 1 aliphatic rings. The van der Waals surface area contributed by atoms with Crippen molar-refractivity contribution in [3.05, 3.63) is 23.9 Å². The van der Waals surface area contributed by atoms with Crippen molar-refractivity contribution in [2.24, 2.45) is 4.99 Å². The van der Waals surface area contributed by atoms with Crippen LogP contribution in [0.3, 0.4) is 0 Å². The van der Waals surface area contributed by atoms with Gasteiger partial charge in [-0.15, -0.1) is 24.0 Å². The average molecular weight is 460 g/mol. The SMILES string of the molecule is CCCCNC(=NCc1ccnc(N2CCN(C)CC2)c1)NCC.I. The summed E-state index contributed by atoms with van der Waals surface area (Å²) < 4.78 is 0. The lowest BCUT2D eigenvalue weighted by Gasteiger charge is -2.33. The zero-order valence-electron chi connectivity index (χ0n) is 15.8. The number of unbranched alkanes of at least 4 members (excludes halogenated alkanes) is 1. The number of aromatic nitrogens is 1. The van der Waals surface area contributed by atoms with E-state index in [-0.39, 0.29) is 24.0 Å². The molecule has 7 heteroatoms. The van der Waals surface area contributed by atoms with Crippen LogP contribution < -0.4 is 15.5 Å². The smallest absolute Gasteiger partial charge is 0.191 e. The quantitative estimate of drug-likeness (QED) is 0.283. The van der Waals surface area contributed by atoms with Gasteiger partial charge in [0.25, 0.3) is 0 Å². The number of anilines is 1. The Labute approximate surface area is 169 Å². The number of likely N-dealkylation sites (N-methyl/N-ethyl adjacent to an activating group) is 1. The van der Waals surface area contributed by atoms with Gasteiger partial charge in [-0.05, 0) is 38.1 Å². The van der Waals surface area contributed by atoms with E-state index >= 15 is 0 Å². The molecule has 142 valence electrons. The fourth-order valence-corrected chi connectivity index (χ4v) is 2.66. The molecular formula is C18H33IN6. The first-order valence-corrected chi connectivity index (χ1v) is 9.13. The molecule has 1 aliphatic heterocycles. The topological polar surface area (TPSA) is 55.8 Å².